The summed E-state index contributed by atoms with van der Waals surface area (Å²) in [5, 5.41) is 12.4. The number of hydrogen-bond donors (Lipinski definition) is 1. The minimum Gasteiger partial charge on any atom is -0.544 e. The van der Waals surface area contributed by atoms with Gasteiger partial charge < -0.3 is 15.2 Å². The van der Waals surface area contributed by atoms with Crippen molar-refractivity contribution in [3.05, 3.63) is 34.1 Å². The minimum absolute atomic E-state index is 0.000185. The molecule has 0 radical (unpaired) electrons. The fraction of sp³-hybridized carbons (Fsp3) is 0.300. The Labute approximate surface area is 105 Å². The standard InChI is InChI=1S/C10H9BrFNO2S/c11-6-3-5(1-2-7(6)12)9-13-8(4-16-9)10(14)15/h1-3,8-9,13H,4H2,(H,14,15). The number of aliphatic carboxylic acids is 1. The van der Waals surface area contributed by atoms with Gasteiger partial charge in [-0.15, -0.1) is 0 Å². The highest BCUT2D eigenvalue weighted by Crippen LogP contribution is 2.29. The van der Waals surface area contributed by atoms with Gasteiger partial charge in [-0.2, -0.15) is 0 Å². The van der Waals surface area contributed by atoms with Crippen molar-refractivity contribution < 1.29 is 19.6 Å². The van der Waals surface area contributed by atoms with Crippen LogP contribution in [0, 0.1) is 5.82 Å². The molecule has 6 heteroatoms. The number of rotatable bonds is 2. The first kappa shape index (κ1) is 11.9. The number of quaternary nitrogens is 1. The van der Waals surface area contributed by atoms with Crippen LogP contribution in [-0.4, -0.2) is 17.8 Å². The van der Waals surface area contributed by atoms with Crippen LogP contribution in [0.25, 0.3) is 0 Å². The molecule has 0 bridgehead atoms. The van der Waals surface area contributed by atoms with Crippen LogP contribution in [-0.2, 0) is 4.79 Å². The zero-order chi connectivity index (χ0) is 11.7. The third-order valence-corrected chi connectivity index (χ3v) is 4.39. The quantitative estimate of drug-likeness (QED) is 0.838. The molecule has 1 aliphatic rings. The van der Waals surface area contributed by atoms with Crippen LogP contribution in [0.15, 0.2) is 22.7 Å². The number of halogens is 2. The summed E-state index contributed by atoms with van der Waals surface area (Å²) < 4.78 is 13.4. The van der Waals surface area contributed by atoms with E-state index in [0.717, 1.165) is 5.56 Å². The average Bonchev–Trinajstić information content (AvgIpc) is 2.71. The molecule has 0 aromatic heterocycles. The van der Waals surface area contributed by atoms with Crippen LogP contribution < -0.4 is 10.4 Å². The second kappa shape index (κ2) is 4.73. The van der Waals surface area contributed by atoms with Gasteiger partial charge >= 0.3 is 0 Å². The van der Waals surface area contributed by atoms with Crippen molar-refractivity contribution in [3.63, 3.8) is 0 Å². The van der Waals surface area contributed by atoms with E-state index < -0.39 is 12.0 Å². The molecule has 2 rings (SSSR count). The largest absolute Gasteiger partial charge is 0.544 e. The summed E-state index contributed by atoms with van der Waals surface area (Å²) in [5.41, 5.74) is 0.905. The maximum atomic E-state index is 13.0. The SMILES string of the molecule is O=C([O-])C1CSC(c2ccc(F)c(Br)c2)[NH2+]1. The van der Waals surface area contributed by atoms with Gasteiger partial charge in [0.05, 0.1) is 10.2 Å². The smallest absolute Gasteiger partial charge is 0.159 e. The molecule has 1 saturated heterocycles. The molecule has 2 N–H and O–H groups in total. The first-order valence-corrected chi connectivity index (χ1v) is 6.54. The first-order valence-electron chi connectivity index (χ1n) is 4.70. The zero-order valence-electron chi connectivity index (χ0n) is 8.15. The Morgan fingerprint density at radius 2 is 2.38 bits per heavy atom. The van der Waals surface area contributed by atoms with E-state index in [9.17, 15) is 14.3 Å². The van der Waals surface area contributed by atoms with Crippen molar-refractivity contribution in [1.82, 2.24) is 0 Å². The summed E-state index contributed by atoms with van der Waals surface area (Å²) in [6.07, 6.45) is 0. The molecule has 0 saturated carbocycles. The Kier molecular flexibility index (Phi) is 3.51. The normalized spacial score (nSPS) is 24.6. The Hall–Kier alpha value is -0.590. The van der Waals surface area contributed by atoms with Crippen molar-refractivity contribution >= 4 is 33.7 Å². The number of carboxylic acid groups (broad SMARTS) is 1. The van der Waals surface area contributed by atoms with Crippen molar-refractivity contribution in [2.75, 3.05) is 5.75 Å². The number of carbonyl (C=O) groups is 1. The minimum atomic E-state index is -1.05. The molecule has 1 aromatic carbocycles. The summed E-state index contributed by atoms with van der Waals surface area (Å²) in [5.74, 6) is -0.846. The molecule has 1 fully saturated rings. The lowest BCUT2D eigenvalue weighted by atomic mass is 10.2. The van der Waals surface area contributed by atoms with E-state index in [2.05, 4.69) is 15.9 Å². The van der Waals surface area contributed by atoms with Crippen LogP contribution in [0.1, 0.15) is 10.9 Å². The van der Waals surface area contributed by atoms with Gasteiger partial charge in [-0.05, 0) is 34.1 Å². The maximum Gasteiger partial charge on any atom is 0.159 e. The molecule has 0 amide bonds. The molecule has 2 unspecified atom stereocenters. The molecule has 0 spiro atoms. The number of carboxylic acids is 1. The van der Waals surface area contributed by atoms with Crippen molar-refractivity contribution in [2.24, 2.45) is 0 Å². The van der Waals surface area contributed by atoms with E-state index in [0.29, 0.717) is 10.2 Å². The van der Waals surface area contributed by atoms with E-state index in [4.69, 9.17) is 0 Å². The highest BCUT2D eigenvalue weighted by atomic mass is 79.9. The highest BCUT2D eigenvalue weighted by molar-refractivity contribution is 9.10. The van der Waals surface area contributed by atoms with E-state index in [-0.39, 0.29) is 11.2 Å². The molecular formula is C10H9BrFNO2S. The third-order valence-electron chi connectivity index (χ3n) is 2.44. The van der Waals surface area contributed by atoms with Crippen LogP contribution in [0.5, 0.6) is 0 Å². The van der Waals surface area contributed by atoms with Crippen LogP contribution in [0.3, 0.4) is 0 Å². The van der Waals surface area contributed by atoms with Gasteiger partial charge in [0.15, 0.2) is 5.37 Å². The van der Waals surface area contributed by atoms with Crippen molar-refractivity contribution in [3.8, 4) is 0 Å². The highest BCUT2D eigenvalue weighted by Gasteiger charge is 2.30. The van der Waals surface area contributed by atoms with Gasteiger partial charge in [-0.1, -0.05) is 11.8 Å². The van der Waals surface area contributed by atoms with Gasteiger partial charge in [0.25, 0.3) is 0 Å². The number of carbonyl (C=O) groups excluding carboxylic acids is 1. The molecular weight excluding hydrogens is 297 g/mol. The Morgan fingerprint density at radius 1 is 1.62 bits per heavy atom. The fourth-order valence-electron chi connectivity index (χ4n) is 1.57. The number of hydrogen-bond acceptors (Lipinski definition) is 3. The second-order valence-corrected chi connectivity index (χ2v) is 5.57. The summed E-state index contributed by atoms with van der Waals surface area (Å²) >= 11 is 4.64. The summed E-state index contributed by atoms with van der Waals surface area (Å²) in [6, 6.07) is 4.21. The van der Waals surface area contributed by atoms with Gasteiger partial charge in [0, 0.05) is 5.56 Å². The lowest BCUT2D eigenvalue weighted by Crippen LogP contribution is -2.90. The number of benzene rings is 1. The van der Waals surface area contributed by atoms with Gasteiger partial charge in [0.2, 0.25) is 0 Å². The van der Waals surface area contributed by atoms with Crippen molar-refractivity contribution in [1.29, 1.82) is 0 Å². The third kappa shape index (κ3) is 2.39. The summed E-state index contributed by atoms with van der Waals surface area (Å²) in [6.45, 7) is 0. The lowest BCUT2D eigenvalue weighted by Gasteiger charge is -2.11. The van der Waals surface area contributed by atoms with Gasteiger partial charge in [0.1, 0.15) is 17.8 Å². The molecule has 1 heterocycles. The predicted octanol–water partition coefficient (Wildman–Crippen LogP) is 0.0155. The van der Waals surface area contributed by atoms with E-state index in [1.807, 2.05) is 0 Å². The fourth-order valence-corrected chi connectivity index (χ4v) is 3.27. The number of thioether (sulfide) groups is 1. The Morgan fingerprint density at radius 3 is 2.94 bits per heavy atom. The predicted molar refractivity (Wildman–Crippen MR) is 60.0 cm³/mol. The second-order valence-electron chi connectivity index (χ2n) is 3.55. The lowest BCUT2D eigenvalue weighted by molar-refractivity contribution is -0.690. The van der Waals surface area contributed by atoms with E-state index in [1.54, 1.807) is 17.4 Å². The van der Waals surface area contributed by atoms with Crippen LogP contribution in [0.2, 0.25) is 0 Å². The molecule has 1 aliphatic heterocycles. The topological polar surface area (TPSA) is 56.7 Å². The molecule has 1 aromatic rings. The maximum absolute atomic E-state index is 13.0. The van der Waals surface area contributed by atoms with Gasteiger partial charge in [-0.3, -0.25) is 0 Å². The molecule has 2 atom stereocenters. The molecule has 3 nitrogen and oxygen atoms in total. The summed E-state index contributed by atoms with van der Waals surface area (Å²) in [4.78, 5) is 10.7. The zero-order valence-corrected chi connectivity index (χ0v) is 10.6. The Bertz CT molecular complexity index is 429. The average molecular weight is 306 g/mol. The molecule has 86 valence electrons. The Balaban J connectivity index is 2.14. The van der Waals surface area contributed by atoms with Crippen LogP contribution >= 0.6 is 27.7 Å². The molecule has 0 aliphatic carbocycles. The van der Waals surface area contributed by atoms with Crippen molar-refractivity contribution in [2.45, 2.75) is 11.4 Å². The van der Waals surface area contributed by atoms with Gasteiger partial charge in [-0.25, -0.2) is 4.39 Å². The first-order chi connectivity index (χ1) is 7.58. The number of nitrogens with two attached hydrogens (primary N) is 1. The van der Waals surface area contributed by atoms with E-state index in [1.165, 1.54) is 17.8 Å². The van der Waals surface area contributed by atoms with E-state index >= 15 is 0 Å². The monoisotopic (exact) mass is 305 g/mol. The summed E-state index contributed by atoms with van der Waals surface area (Å²) in [7, 11) is 0. The van der Waals surface area contributed by atoms with Crippen LogP contribution in [0.4, 0.5) is 4.39 Å². The molecule has 16 heavy (non-hydrogen) atoms.